The Morgan fingerprint density at radius 1 is 1.45 bits per heavy atom. The molecule has 0 spiro atoms. The molecule has 106 valence electrons. The van der Waals surface area contributed by atoms with Crippen LogP contribution in [0.25, 0.3) is 0 Å². The van der Waals surface area contributed by atoms with E-state index in [0.29, 0.717) is 12.2 Å². The molecule has 20 heavy (non-hydrogen) atoms. The number of nitrogens with one attached hydrogen (secondary N) is 1. The highest BCUT2D eigenvalue weighted by Gasteiger charge is 2.07. The fourth-order valence-electron chi connectivity index (χ4n) is 1.65. The van der Waals surface area contributed by atoms with E-state index in [0.717, 1.165) is 11.4 Å². The number of halogens is 1. The van der Waals surface area contributed by atoms with Crippen LogP contribution in [-0.4, -0.2) is 28.9 Å². The van der Waals surface area contributed by atoms with Crippen LogP contribution >= 0.6 is 11.6 Å². The van der Waals surface area contributed by atoms with Crippen molar-refractivity contribution in [1.29, 1.82) is 0 Å². The molecule has 0 amide bonds. The largest absolute Gasteiger partial charge is 0.378 e. The first-order valence-electron chi connectivity index (χ1n) is 6.07. The molecule has 0 radical (unpaired) electrons. The first-order chi connectivity index (χ1) is 9.49. The molecular formula is C13H16ClN5O. The van der Waals surface area contributed by atoms with Crippen LogP contribution in [0, 0.1) is 0 Å². The summed E-state index contributed by atoms with van der Waals surface area (Å²) in [6, 6.07) is 3.87. The lowest BCUT2D eigenvalue weighted by Gasteiger charge is -2.13. The van der Waals surface area contributed by atoms with Crippen LogP contribution in [0.1, 0.15) is 5.56 Å². The molecule has 2 aromatic heterocycles. The third-order valence-corrected chi connectivity index (χ3v) is 3.19. The van der Waals surface area contributed by atoms with E-state index in [1.807, 2.05) is 31.1 Å². The molecule has 2 aromatic rings. The molecule has 0 saturated heterocycles. The van der Waals surface area contributed by atoms with E-state index < -0.39 is 0 Å². The van der Waals surface area contributed by atoms with Crippen molar-refractivity contribution in [3.63, 3.8) is 0 Å². The average Bonchev–Trinajstić information content (AvgIpc) is 2.44. The predicted octanol–water partition coefficient (Wildman–Crippen LogP) is 1.51. The zero-order valence-electron chi connectivity index (χ0n) is 11.6. The Hall–Kier alpha value is -2.08. The van der Waals surface area contributed by atoms with Crippen LogP contribution in [0.2, 0.25) is 5.02 Å². The minimum absolute atomic E-state index is 0.143. The van der Waals surface area contributed by atoms with E-state index in [4.69, 9.17) is 11.6 Å². The minimum Gasteiger partial charge on any atom is -0.378 e. The van der Waals surface area contributed by atoms with Gasteiger partial charge in [0.25, 0.3) is 5.56 Å². The van der Waals surface area contributed by atoms with Crippen molar-refractivity contribution in [3.8, 4) is 0 Å². The predicted molar refractivity (Wildman–Crippen MR) is 80.4 cm³/mol. The first kappa shape index (κ1) is 14.3. The molecule has 0 aliphatic carbocycles. The van der Waals surface area contributed by atoms with E-state index in [1.165, 1.54) is 10.9 Å². The number of rotatable bonds is 4. The quantitative estimate of drug-likeness (QED) is 0.926. The van der Waals surface area contributed by atoms with Crippen LogP contribution in [0.15, 0.2) is 29.3 Å². The van der Waals surface area contributed by atoms with Gasteiger partial charge in [0.15, 0.2) is 0 Å². The maximum absolute atomic E-state index is 11.7. The highest BCUT2D eigenvalue weighted by molar-refractivity contribution is 6.32. The lowest BCUT2D eigenvalue weighted by atomic mass is 10.2. The Labute approximate surface area is 122 Å². The maximum atomic E-state index is 11.7. The standard InChI is InChI=1S/C13H16ClN5O/c1-18(2)11-6-9(4-5-15-11)7-16-10-8-17-19(3)13(20)12(10)14/h4-6,8,16H,7H2,1-3H3. The number of aromatic nitrogens is 3. The molecule has 7 heteroatoms. The zero-order valence-corrected chi connectivity index (χ0v) is 12.3. The molecule has 0 aliphatic rings. The molecule has 0 unspecified atom stereocenters. The summed E-state index contributed by atoms with van der Waals surface area (Å²) in [6.45, 7) is 0.540. The molecule has 6 nitrogen and oxygen atoms in total. The summed E-state index contributed by atoms with van der Waals surface area (Å²) >= 11 is 5.99. The van der Waals surface area contributed by atoms with Gasteiger partial charge in [-0.2, -0.15) is 5.10 Å². The second-order valence-electron chi connectivity index (χ2n) is 4.57. The topological polar surface area (TPSA) is 63.1 Å². The van der Waals surface area contributed by atoms with E-state index >= 15 is 0 Å². The second kappa shape index (κ2) is 5.92. The van der Waals surface area contributed by atoms with Crippen LogP contribution in [0.3, 0.4) is 0 Å². The van der Waals surface area contributed by atoms with Crippen LogP contribution in [0.4, 0.5) is 11.5 Å². The summed E-state index contributed by atoms with van der Waals surface area (Å²) in [5.74, 6) is 0.873. The molecule has 0 aliphatic heterocycles. The molecule has 2 rings (SSSR count). The highest BCUT2D eigenvalue weighted by Crippen LogP contribution is 2.17. The van der Waals surface area contributed by atoms with E-state index in [-0.39, 0.29) is 10.6 Å². The molecular weight excluding hydrogens is 278 g/mol. The molecule has 1 N–H and O–H groups in total. The van der Waals surface area contributed by atoms with Gasteiger partial charge in [0, 0.05) is 33.9 Å². The monoisotopic (exact) mass is 293 g/mol. The second-order valence-corrected chi connectivity index (χ2v) is 4.95. The van der Waals surface area contributed by atoms with Crippen LogP contribution in [0.5, 0.6) is 0 Å². The number of pyridine rings is 1. The maximum Gasteiger partial charge on any atom is 0.287 e. The third kappa shape index (κ3) is 3.08. The summed E-state index contributed by atoms with van der Waals surface area (Å²) in [4.78, 5) is 17.8. The Kier molecular flexibility index (Phi) is 4.24. The molecule has 0 bridgehead atoms. The molecule has 0 saturated carbocycles. The molecule has 0 atom stereocenters. The van der Waals surface area contributed by atoms with Gasteiger partial charge < -0.3 is 10.2 Å². The number of nitrogens with zero attached hydrogens (tertiary/aromatic N) is 4. The van der Waals surface area contributed by atoms with Crippen molar-refractivity contribution >= 4 is 23.1 Å². The summed E-state index contributed by atoms with van der Waals surface area (Å²) in [6.07, 6.45) is 3.29. The van der Waals surface area contributed by atoms with Crippen molar-refractivity contribution in [2.75, 3.05) is 24.3 Å². The van der Waals surface area contributed by atoms with Gasteiger partial charge in [-0.25, -0.2) is 9.67 Å². The summed E-state index contributed by atoms with van der Waals surface area (Å²) in [5, 5.41) is 7.19. The van der Waals surface area contributed by atoms with E-state index in [1.54, 1.807) is 13.2 Å². The first-order valence-corrected chi connectivity index (χ1v) is 6.45. The van der Waals surface area contributed by atoms with Crippen molar-refractivity contribution in [3.05, 3.63) is 45.5 Å². The van der Waals surface area contributed by atoms with Gasteiger partial charge >= 0.3 is 0 Å². The molecule has 0 aromatic carbocycles. The number of hydrogen-bond acceptors (Lipinski definition) is 5. The van der Waals surface area contributed by atoms with Gasteiger partial charge in [-0.15, -0.1) is 0 Å². The molecule has 0 fully saturated rings. The highest BCUT2D eigenvalue weighted by atomic mass is 35.5. The number of hydrogen-bond donors (Lipinski definition) is 1. The Balaban J connectivity index is 2.15. The zero-order chi connectivity index (χ0) is 14.7. The summed E-state index contributed by atoms with van der Waals surface area (Å²) in [7, 11) is 5.42. The van der Waals surface area contributed by atoms with Gasteiger partial charge in [-0.1, -0.05) is 11.6 Å². The van der Waals surface area contributed by atoms with E-state index in [2.05, 4.69) is 15.4 Å². The van der Waals surface area contributed by atoms with Crippen molar-refractivity contribution in [1.82, 2.24) is 14.8 Å². The van der Waals surface area contributed by atoms with Gasteiger partial charge in [-0.3, -0.25) is 4.79 Å². The summed E-state index contributed by atoms with van der Waals surface area (Å²) in [5.41, 5.74) is 1.25. The van der Waals surface area contributed by atoms with Gasteiger partial charge in [-0.05, 0) is 17.7 Å². The van der Waals surface area contributed by atoms with Gasteiger partial charge in [0.2, 0.25) is 0 Å². The SMILES string of the molecule is CN(C)c1cc(CNc2cnn(C)c(=O)c2Cl)ccn1. The van der Waals surface area contributed by atoms with Crippen LogP contribution in [-0.2, 0) is 13.6 Å². The smallest absolute Gasteiger partial charge is 0.287 e. The van der Waals surface area contributed by atoms with Crippen molar-refractivity contribution in [2.24, 2.45) is 7.05 Å². The average molecular weight is 294 g/mol. The van der Waals surface area contributed by atoms with Gasteiger partial charge in [0.05, 0.1) is 11.9 Å². The Morgan fingerprint density at radius 3 is 2.90 bits per heavy atom. The van der Waals surface area contributed by atoms with Crippen LogP contribution < -0.4 is 15.8 Å². The summed E-state index contributed by atoms with van der Waals surface area (Å²) < 4.78 is 1.20. The fraction of sp³-hybridized carbons (Fsp3) is 0.308. The minimum atomic E-state index is -0.319. The normalized spacial score (nSPS) is 10.4. The fourth-order valence-corrected chi connectivity index (χ4v) is 1.88. The Bertz CT molecular complexity index is 668. The molecule has 2 heterocycles. The lowest BCUT2D eigenvalue weighted by molar-refractivity contribution is 0.708. The van der Waals surface area contributed by atoms with Crippen molar-refractivity contribution < 1.29 is 0 Å². The van der Waals surface area contributed by atoms with Crippen molar-refractivity contribution in [2.45, 2.75) is 6.54 Å². The number of aryl methyl sites for hydroxylation is 1. The van der Waals surface area contributed by atoms with E-state index in [9.17, 15) is 4.79 Å². The lowest BCUT2D eigenvalue weighted by Crippen LogP contribution is -2.21. The Morgan fingerprint density at radius 2 is 2.20 bits per heavy atom. The third-order valence-electron chi connectivity index (χ3n) is 2.83. The number of anilines is 2. The van der Waals surface area contributed by atoms with Gasteiger partial charge in [0.1, 0.15) is 10.8 Å².